The number of hydrogen-bond acceptors (Lipinski definition) is 7. The maximum Gasteiger partial charge on any atom is 0.490 e. The molecule has 0 amide bonds. The molecule has 3 rings (SSSR count). The van der Waals surface area contributed by atoms with Crippen LogP contribution in [0.4, 0.5) is 26.3 Å². The van der Waals surface area contributed by atoms with Gasteiger partial charge in [0.25, 0.3) is 0 Å². The SMILES string of the molecule is C=CCOCc1cncc2c1CCN(Cc1nccs1)C2.O=C(O)C(F)(F)F.O=C(O)C(F)(F)F. The zero-order chi connectivity index (χ0) is 26.6. The van der Waals surface area contributed by atoms with E-state index in [2.05, 4.69) is 21.4 Å². The lowest BCUT2D eigenvalue weighted by Crippen LogP contribution is -2.30. The van der Waals surface area contributed by atoms with Gasteiger partial charge in [-0.15, -0.1) is 17.9 Å². The van der Waals surface area contributed by atoms with Gasteiger partial charge < -0.3 is 14.9 Å². The number of hydrogen-bond donors (Lipinski definition) is 2. The molecule has 3 heterocycles. The number of ether oxygens (including phenoxy) is 1. The summed E-state index contributed by atoms with van der Waals surface area (Å²) in [5.74, 6) is -5.51. The van der Waals surface area contributed by atoms with Crippen molar-refractivity contribution in [3.8, 4) is 0 Å². The van der Waals surface area contributed by atoms with E-state index in [0.29, 0.717) is 13.2 Å². The van der Waals surface area contributed by atoms with E-state index in [1.807, 2.05) is 24.0 Å². The fraction of sp³-hybridized carbons (Fsp3) is 0.400. The number of nitrogens with zero attached hydrogens (tertiary/aromatic N) is 3. The minimum atomic E-state index is -5.08. The van der Waals surface area contributed by atoms with Crippen LogP contribution in [0.3, 0.4) is 0 Å². The summed E-state index contributed by atoms with van der Waals surface area (Å²) in [7, 11) is 0. The summed E-state index contributed by atoms with van der Waals surface area (Å²) in [5, 5.41) is 17.5. The summed E-state index contributed by atoms with van der Waals surface area (Å²) in [6, 6.07) is 0. The molecule has 0 fully saturated rings. The van der Waals surface area contributed by atoms with Gasteiger partial charge in [-0.25, -0.2) is 14.6 Å². The fourth-order valence-corrected chi connectivity index (χ4v) is 3.32. The molecule has 15 heteroatoms. The van der Waals surface area contributed by atoms with Gasteiger partial charge in [0.2, 0.25) is 0 Å². The molecule has 2 aromatic rings. The largest absolute Gasteiger partial charge is 0.490 e. The maximum atomic E-state index is 10.6. The Balaban J connectivity index is 0.000000362. The smallest absolute Gasteiger partial charge is 0.475 e. The molecular weight excluding hydrogens is 508 g/mol. The number of alkyl halides is 6. The number of rotatable bonds is 6. The van der Waals surface area contributed by atoms with Crippen molar-refractivity contribution in [1.29, 1.82) is 0 Å². The Morgan fingerprint density at radius 2 is 1.74 bits per heavy atom. The van der Waals surface area contributed by atoms with Crippen LogP contribution in [0, 0.1) is 0 Å². The van der Waals surface area contributed by atoms with Crippen LogP contribution in [0.15, 0.2) is 36.6 Å². The van der Waals surface area contributed by atoms with Crippen molar-refractivity contribution in [2.45, 2.75) is 38.5 Å². The van der Waals surface area contributed by atoms with E-state index >= 15 is 0 Å². The summed E-state index contributed by atoms with van der Waals surface area (Å²) in [6.07, 6.45) is -1.55. The van der Waals surface area contributed by atoms with Gasteiger partial charge in [0, 0.05) is 37.1 Å². The van der Waals surface area contributed by atoms with Crippen LogP contribution < -0.4 is 0 Å². The molecule has 0 aliphatic carbocycles. The van der Waals surface area contributed by atoms with Crippen LogP contribution in [0.2, 0.25) is 0 Å². The number of aromatic nitrogens is 2. The van der Waals surface area contributed by atoms with Crippen molar-refractivity contribution >= 4 is 23.3 Å². The molecule has 35 heavy (non-hydrogen) atoms. The maximum absolute atomic E-state index is 10.6. The number of halogens is 6. The quantitative estimate of drug-likeness (QED) is 0.327. The highest BCUT2D eigenvalue weighted by Crippen LogP contribution is 2.23. The lowest BCUT2D eigenvalue weighted by Gasteiger charge is -2.29. The van der Waals surface area contributed by atoms with Gasteiger partial charge in [-0.05, 0) is 23.1 Å². The first-order chi connectivity index (χ1) is 16.3. The van der Waals surface area contributed by atoms with Gasteiger partial charge in [0.1, 0.15) is 5.01 Å². The van der Waals surface area contributed by atoms with Crippen LogP contribution in [0.1, 0.15) is 21.7 Å². The Morgan fingerprint density at radius 3 is 2.23 bits per heavy atom. The predicted octanol–water partition coefficient (Wildman–Crippen LogP) is 4.07. The molecule has 0 saturated carbocycles. The lowest BCUT2D eigenvalue weighted by atomic mass is 9.97. The van der Waals surface area contributed by atoms with E-state index in [0.717, 1.165) is 26.1 Å². The van der Waals surface area contributed by atoms with E-state index in [4.69, 9.17) is 24.5 Å². The normalized spacial score (nSPS) is 13.4. The van der Waals surface area contributed by atoms with Gasteiger partial charge >= 0.3 is 24.3 Å². The third-order valence-corrected chi connectivity index (χ3v) is 4.89. The first kappa shape index (κ1) is 30.0. The zero-order valence-electron chi connectivity index (χ0n) is 18.0. The first-order valence-electron chi connectivity index (χ1n) is 9.59. The Morgan fingerprint density at radius 1 is 1.14 bits per heavy atom. The Bertz CT molecular complexity index is 943. The van der Waals surface area contributed by atoms with Crippen molar-refractivity contribution < 1.29 is 50.9 Å². The second-order valence-electron chi connectivity index (χ2n) is 6.73. The molecule has 0 atom stereocenters. The minimum Gasteiger partial charge on any atom is -0.475 e. The summed E-state index contributed by atoms with van der Waals surface area (Å²) >= 11 is 1.72. The molecule has 0 saturated heterocycles. The van der Waals surface area contributed by atoms with E-state index < -0.39 is 24.3 Å². The Hall–Kier alpha value is -3.04. The monoisotopic (exact) mass is 529 g/mol. The number of carboxylic acids is 2. The summed E-state index contributed by atoms with van der Waals surface area (Å²) in [6.45, 7) is 7.80. The van der Waals surface area contributed by atoms with Crippen molar-refractivity contribution in [1.82, 2.24) is 14.9 Å². The third-order valence-electron chi connectivity index (χ3n) is 4.13. The number of aliphatic carboxylic acids is 2. The topological polar surface area (TPSA) is 113 Å². The fourth-order valence-electron chi connectivity index (χ4n) is 2.66. The molecule has 2 N–H and O–H groups in total. The lowest BCUT2D eigenvalue weighted by molar-refractivity contribution is -0.193. The van der Waals surface area contributed by atoms with E-state index in [9.17, 15) is 26.3 Å². The molecule has 2 aromatic heterocycles. The van der Waals surface area contributed by atoms with Crippen LogP contribution in [0.5, 0.6) is 0 Å². The second kappa shape index (κ2) is 13.7. The first-order valence-corrected chi connectivity index (χ1v) is 10.5. The molecule has 194 valence electrons. The van der Waals surface area contributed by atoms with Gasteiger partial charge in [-0.3, -0.25) is 9.88 Å². The van der Waals surface area contributed by atoms with Crippen molar-refractivity contribution in [2.24, 2.45) is 0 Å². The number of carboxylic acid groups (broad SMARTS) is 2. The second-order valence-corrected chi connectivity index (χ2v) is 7.71. The van der Waals surface area contributed by atoms with Crippen molar-refractivity contribution in [2.75, 3.05) is 13.2 Å². The number of thiazole rings is 1. The van der Waals surface area contributed by atoms with Crippen LogP contribution in [-0.2, 0) is 40.4 Å². The minimum absolute atomic E-state index is 0.583. The summed E-state index contributed by atoms with van der Waals surface area (Å²) in [4.78, 5) is 28.9. The third kappa shape index (κ3) is 11.3. The summed E-state index contributed by atoms with van der Waals surface area (Å²) < 4.78 is 69.0. The average molecular weight is 529 g/mol. The highest BCUT2D eigenvalue weighted by molar-refractivity contribution is 7.09. The highest BCUT2D eigenvalue weighted by Gasteiger charge is 2.38. The molecule has 1 aliphatic rings. The zero-order valence-corrected chi connectivity index (χ0v) is 18.8. The Kier molecular flexibility index (Phi) is 11.8. The number of fused-ring (bicyclic) bond motifs is 1. The molecule has 0 spiro atoms. The molecule has 1 aliphatic heterocycles. The molecular formula is C20H21F6N3O5S. The standard InChI is InChI=1S/C16H19N3OS.2C2HF3O2/c1-2-6-20-12-14-9-17-8-13-10-19(5-3-15(13)14)11-16-18-4-7-21-16;2*3-2(4,5)1(6)7/h2,4,7-9H,1,3,5-6,10-12H2;2*(H,6,7). The van der Waals surface area contributed by atoms with Gasteiger partial charge in [-0.2, -0.15) is 26.3 Å². The van der Waals surface area contributed by atoms with Crippen molar-refractivity contribution in [3.63, 3.8) is 0 Å². The average Bonchev–Trinajstić information content (AvgIpc) is 3.26. The molecule has 8 nitrogen and oxygen atoms in total. The number of carbonyl (C=O) groups is 2. The molecule has 0 bridgehead atoms. The van der Waals surface area contributed by atoms with Gasteiger partial charge in [-0.1, -0.05) is 6.08 Å². The van der Waals surface area contributed by atoms with E-state index in [-0.39, 0.29) is 0 Å². The molecule has 0 aromatic carbocycles. The van der Waals surface area contributed by atoms with Crippen molar-refractivity contribution in [3.05, 3.63) is 58.3 Å². The van der Waals surface area contributed by atoms with Gasteiger partial charge in [0.05, 0.1) is 19.8 Å². The highest BCUT2D eigenvalue weighted by atomic mass is 32.1. The van der Waals surface area contributed by atoms with E-state index in [1.165, 1.54) is 21.7 Å². The van der Waals surface area contributed by atoms with Crippen LogP contribution >= 0.6 is 11.3 Å². The van der Waals surface area contributed by atoms with E-state index in [1.54, 1.807) is 17.4 Å². The molecule has 0 unspecified atom stereocenters. The predicted molar refractivity (Wildman–Crippen MR) is 111 cm³/mol. The molecule has 0 radical (unpaired) electrons. The summed E-state index contributed by atoms with van der Waals surface area (Å²) in [5.41, 5.74) is 3.94. The van der Waals surface area contributed by atoms with Crippen LogP contribution in [0.25, 0.3) is 0 Å². The number of pyridine rings is 1. The van der Waals surface area contributed by atoms with Gasteiger partial charge in [0.15, 0.2) is 0 Å². The Labute approximate surface area is 199 Å². The van der Waals surface area contributed by atoms with Crippen LogP contribution in [-0.4, -0.2) is 62.5 Å².